The molecular formula is C21H15FN2O. The largest absolute Gasteiger partial charge is 0.489 e. The number of aromatic nitrogens is 2. The van der Waals surface area contributed by atoms with E-state index in [-0.39, 0.29) is 5.82 Å². The summed E-state index contributed by atoms with van der Waals surface area (Å²) in [5, 5.41) is 0. The maximum Gasteiger partial charge on any atom is 0.123 e. The van der Waals surface area contributed by atoms with Gasteiger partial charge < -0.3 is 4.74 Å². The van der Waals surface area contributed by atoms with E-state index >= 15 is 0 Å². The molecule has 0 N–H and O–H groups in total. The molecular weight excluding hydrogens is 315 g/mol. The smallest absolute Gasteiger partial charge is 0.123 e. The predicted octanol–water partition coefficient (Wildman–Crippen LogP) is 5.01. The van der Waals surface area contributed by atoms with Gasteiger partial charge in [0, 0.05) is 5.56 Å². The van der Waals surface area contributed by atoms with E-state index in [1.54, 1.807) is 18.3 Å². The summed E-state index contributed by atoms with van der Waals surface area (Å²) in [4.78, 5) is 9.11. The zero-order valence-electron chi connectivity index (χ0n) is 13.4. The van der Waals surface area contributed by atoms with E-state index in [1.165, 1.54) is 12.1 Å². The number of para-hydroxylation sites is 2. The van der Waals surface area contributed by atoms with Crippen molar-refractivity contribution in [1.82, 2.24) is 9.97 Å². The number of hydrogen-bond donors (Lipinski definition) is 0. The van der Waals surface area contributed by atoms with Gasteiger partial charge in [0.05, 0.1) is 22.9 Å². The molecule has 0 saturated carbocycles. The molecule has 4 rings (SSSR count). The van der Waals surface area contributed by atoms with Crippen LogP contribution < -0.4 is 4.74 Å². The average Bonchev–Trinajstić information content (AvgIpc) is 2.67. The number of hydrogen-bond acceptors (Lipinski definition) is 3. The van der Waals surface area contributed by atoms with Crippen molar-refractivity contribution in [2.24, 2.45) is 0 Å². The Kier molecular flexibility index (Phi) is 4.09. The molecule has 1 heterocycles. The minimum atomic E-state index is -0.249. The van der Waals surface area contributed by atoms with Gasteiger partial charge in [0.15, 0.2) is 0 Å². The fourth-order valence-electron chi connectivity index (χ4n) is 2.59. The average molecular weight is 330 g/mol. The van der Waals surface area contributed by atoms with Crippen molar-refractivity contribution < 1.29 is 9.13 Å². The first-order chi connectivity index (χ1) is 12.3. The number of benzene rings is 3. The Bertz CT molecular complexity index is 1020. The normalized spacial score (nSPS) is 10.8. The quantitative estimate of drug-likeness (QED) is 0.527. The molecule has 3 nitrogen and oxygen atoms in total. The van der Waals surface area contributed by atoms with Gasteiger partial charge in [-0.05, 0) is 42.0 Å². The minimum absolute atomic E-state index is 0.249. The van der Waals surface area contributed by atoms with E-state index in [4.69, 9.17) is 4.74 Å². The van der Waals surface area contributed by atoms with Gasteiger partial charge in [0.2, 0.25) is 0 Å². The summed E-state index contributed by atoms with van der Waals surface area (Å²) in [5.74, 6) is 0.484. The third-order valence-electron chi connectivity index (χ3n) is 3.90. The fraction of sp³-hybridized carbons (Fsp3) is 0.0476. The van der Waals surface area contributed by atoms with E-state index < -0.39 is 0 Å². The van der Waals surface area contributed by atoms with Gasteiger partial charge in [-0.2, -0.15) is 0 Å². The first-order valence-electron chi connectivity index (χ1n) is 7.97. The molecule has 122 valence electrons. The van der Waals surface area contributed by atoms with Crippen molar-refractivity contribution >= 4 is 11.0 Å². The topological polar surface area (TPSA) is 35.0 Å². The van der Waals surface area contributed by atoms with Crippen LogP contribution in [0.25, 0.3) is 22.3 Å². The summed E-state index contributed by atoms with van der Waals surface area (Å²) >= 11 is 0. The molecule has 0 amide bonds. The summed E-state index contributed by atoms with van der Waals surface area (Å²) in [5.41, 5.74) is 4.38. The Morgan fingerprint density at radius 2 is 1.64 bits per heavy atom. The van der Waals surface area contributed by atoms with Crippen molar-refractivity contribution in [2.75, 3.05) is 0 Å². The predicted molar refractivity (Wildman–Crippen MR) is 95.7 cm³/mol. The highest BCUT2D eigenvalue weighted by molar-refractivity contribution is 5.77. The highest BCUT2D eigenvalue weighted by atomic mass is 19.1. The molecule has 4 aromatic rings. The van der Waals surface area contributed by atoms with Crippen LogP contribution in [0.15, 0.2) is 79.0 Å². The van der Waals surface area contributed by atoms with Crippen LogP contribution in [0.4, 0.5) is 4.39 Å². The van der Waals surface area contributed by atoms with Crippen molar-refractivity contribution in [3.05, 3.63) is 90.4 Å². The Balaban J connectivity index is 1.56. The van der Waals surface area contributed by atoms with Crippen LogP contribution in [0.1, 0.15) is 5.56 Å². The van der Waals surface area contributed by atoms with Gasteiger partial charge in [-0.1, -0.05) is 36.4 Å². The molecule has 0 bridgehead atoms. The van der Waals surface area contributed by atoms with E-state index in [1.807, 2.05) is 48.5 Å². The number of rotatable bonds is 4. The SMILES string of the molecule is Fc1ccc(COc2cccc(-c3cnc4ccccc4n3)c2)cc1. The summed E-state index contributed by atoms with van der Waals surface area (Å²) in [6.07, 6.45) is 1.77. The van der Waals surface area contributed by atoms with Crippen LogP contribution in [0.3, 0.4) is 0 Å². The molecule has 0 atom stereocenters. The Labute approximate surface area is 144 Å². The van der Waals surface area contributed by atoms with Crippen LogP contribution in [-0.4, -0.2) is 9.97 Å². The third-order valence-corrected chi connectivity index (χ3v) is 3.90. The van der Waals surface area contributed by atoms with E-state index in [0.29, 0.717) is 6.61 Å². The molecule has 25 heavy (non-hydrogen) atoms. The number of nitrogens with zero attached hydrogens (tertiary/aromatic N) is 2. The number of ether oxygens (including phenoxy) is 1. The summed E-state index contributed by atoms with van der Waals surface area (Å²) in [6.45, 7) is 0.382. The standard InChI is InChI=1S/C21H15FN2O/c22-17-10-8-15(9-11-17)14-25-18-5-3-4-16(12-18)21-13-23-19-6-1-2-7-20(19)24-21/h1-13H,14H2. The molecule has 0 saturated heterocycles. The van der Waals surface area contributed by atoms with Crippen molar-refractivity contribution in [1.29, 1.82) is 0 Å². The van der Waals surface area contributed by atoms with Crippen LogP contribution >= 0.6 is 0 Å². The van der Waals surface area contributed by atoms with E-state index in [0.717, 1.165) is 33.6 Å². The lowest BCUT2D eigenvalue weighted by Gasteiger charge is -2.08. The number of fused-ring (bicyclic) bond motifs is 1. The highest BCUT2D eigenvalue weighted by Crippen LogP contribution is 2.24. The first kappa shape index (κ1) is 15.3. The second-order valence-corrected chi connectivity index (χ2v) is 5.69. The zero-order chi connectivity index (χ0) is 17.1. The van der Waals surface area contributed by atoms with Gasteiger partial charge in [-0.15, -0.1) is 0 Å². The second kappa shape index (κ2) is 6.69. The maximum absolute atomic E-state index is 12.9. The Hall–Kier alpha value is -3.27. The fourth-order valence-corrected chi connectivity index (χ4v) is 2.59. The molecule has 0 aliphatic carbocycles. The molecule has 1 aromatic heterocycles. The Morgan fingerprint density at radius 3 is 2.48 bits per heavy atom. The molecule has 4 heteroatoms. The van der Waals surface area contributed by atoms with Gasteiger partial charge >= 0.3 is 0 Å². The maximum atomic E-state index is 12.9. The lowest BCUT2D eigenvalue weighted by molar-refractivity contribution is 0.306. The molecule has 0 aliphatic heterocycles. The van der Waals surface area contributed by atoms with Crippen LogP contribution in [0.5, 0.6) is 5.75 Å². The molecule has 3 aromatic carbocycles. The number of halogens is 1. The molecule has 0 radical (unpaired) electrons. The lowest BCUT2D eigenvalue weighted by atomic mass is 10.1. The molecule has 0 spiro atoms. The summed E-state index contributed by atoms with van der Waals surface area (Å²) in [6, 6.07) is 21.8. The minimum Gasteiger partial charge on any atom is -0.489 e. The Morgan fingerprint density at radius 1 is 0.840 bits per heavy atom. The van der Waals surface area contributed by atoms with Crippen LogP contribution in [0.2, 0.25) is 0 Å². The van der Waals surface area contributed by atoms with Gasteiger partial charge in [0.1, 0.15) is 18.2 Å². The molecule has 0 unspecified atom stereocenters. The third kappa shape index (κ3) is 3.48. The van der Waals surface area contributed by atoms with E-state index in [2.05, 4.69) is 9.97 Å². The van der Waals surface area contributed by atoms with Gasteiger partial charge in [0.25, 0.3) is 0 Å². The monoisotopic (exact) mass is 330 g/mol. The molecule has 0 aliphatic rings. The summed E-state index contributed by atoms with van der Waals surface area (Å²) in [7, 11) is 0. The van der Waals surface area contributed by atoms with Crippen molar-refractivity contribution in [3.63, 3.8) is 0 Å². The van der Waals surface area contributed by atoms with E-state index in [9.17, 15) is 4.39 Å². The highest BCUT2D eigenvalue weighted by Gasteiger charge is 2.04. The van der Waals surface area contributed by atoms with Crippen molar-refractivity contribution in [3.8, 4) is 17.0 Å². The van der Waals surface area contributed by atoms with Gasteiger partial charge in [-0.25, -0.2) is 9.37 Å². The first-order valence-corrected chi connectivity index (χ1v) is 7.97. The van der Waals surface area contributed by atoms with Crippen molar-refractivity contribution in [2.45, 2.75) is 6.61 Å². The van der Waals surface area contributed by atoms with Gasteiger partial charge in [-0.3, -0.25) is 4.98 Å². The van der Waals surface area contributed by atoms with Crippen LogP contribution in [0, 0.1) is 5.82 Å². The molecule has 0 fully saturated rings. The van der Waals surface area contributed by atoms with Crippen LogP contribution in [-0.2, 0) is 6.61 Å². The second-order valence-electron chi connectivity index (χ2n) is 5.69. The lowest BCUT2D eigenvalue weighted by Crippen LogP contribution is -1.96. The summed E-state index contributed by atoms with van der Waals surface area (Å²) < 4.78 is 18.8. The zero-order valence-corrected chi connectivity index (χ0v) is 13.4.